The van der Waals surface area contributed by atoms with E-state index in [0.29, 0.717) is 13.1 Å². The highest BCUT2D eigenvalue weighted by molar-refractivity contribution is 5.93. The lowest BCUT2D eigenvalue weighted by Crippen LogP contribution is -2.45. The topological polar surface area (TPSA) is 68.7 Å². The number of piperazine rings is 1. The minimum Gasteiger partial charge on any atom is -0.478 e. The summed E-state index contributed by atoms with van der Waals surface area (Å²) in [6.07, 6.45) is 2.00. The van der Waals surface area contributed by atoms with Crippen LogP contribution in [0.4, 0.5) is 16.0 Å². The largest absolute Gasteiger partial charge is 0.478 e. The van der Waals surface area contributed by atoms with Crippen LogP contribution < -0.4 is 10.2 Å². The van der Waals surface area contributed by atoms with Crippen molar-refractivity contribution in [3.63, 3.8) is 0 Å². The second-order valence-electron chi connectivity index (χ2n) is 5.70. The lowest BCUT2D eigenvalue weighted by molar-refractivity contribution is 0.0697. The lowest BCUT2D eigenvalue weighted by Gasteiger charge is -2.33. The van der Waals surface area contributed by atoms with Crippen LogP contribution in [0.1, 0.15) is 23.2 Å². The number of likely N-dealkylation sites (N-methyl/N-ethyl adjacent to an activating group) is 1. The Kier molecular flexibility index (Phi) is 3.67. The highest BCUT2D eigenvalue weighted by Crippen LogP contribution is 2.29. The molecule has 1 saturated heterocycles. The van der Waals surface area contributed by atoms with Crippen LogP contribution in [0.5, 0.6) is 0 Å². The summed E-state index contributed by atoms with van der Waals surface area (Å²) in [5.74, 6) is -1.20. The van der Waals surface area contributed by atoms with Crippen molar-refractivity contribution < 1.29 is 14.3 Å². The molecule has 3 rings (SSSR count). The average molecular weight is 294 g/mol. The van der Waals surface area contributed by atoms with Crippen molar-refractivity contribution in [3.8, 4) is 0 Å². The number of carboxylic acids is 1. The van der Waals surface area contributed by atoms with Gasteiger partial charge in [0, 0.05) is 32.2 Å². The van der Waals surface area contributed by atoms with E-state index in [1.165, 1.54) is 0 Å². The number of hydrogen-bond acceptors (Lipinski definition) is 5. The Morgan fingerprint density at radius 2 is 2.05 bits per heavy atom. The van der Waals surface area contributed by atoms with Crippen molar-refractivity contribution in [3.05, 3.63) is 17.4 Å². The fraction of sp³-hybridized carbons (Fsp3) is 0.571. The molecule has 7 heteroatoms. The number of nitrogens with zero attached hydrogens (tertiary/aromatic N) is 3. The summed E-state index contributed by atoms with van der Waals surface area (Å²) in [5.41, 5.74) is -0.0997. The summed E-state index contributed by atoms with van der Waals surface area (Å²) in [5, 5.41) is 12.3. The number of aromatic carboxylic acids is 1. The highest BCUT2D eigenvalue weighted by Gasteiger charge is 2.27. The molecule has 0 radical (unpaired) electrons. The van der Waals surface area contributed by atoms with Crippen molar-refractivity contribution >= 4 is 17.6 Å². The fourth-order valence-electron chi connectivity index (χ4n) is 2.41. The van der Waals surface area contributed by atoms with Crippen molar-refractivity contribution in [1.29, 1.82) is 0 Å². The Bertz CT molecular complexity index is 554. The van der Waals surface area contributed by atoms with E-state index < -0.39 is 11.8 Å². The molecule has 6 nitrogen and oxygen atoms in total. The summed E-state index contributed by atoms with van der Waals surface area (Å²) >= 11 is 0. The van der Waals surface area contributed by atoms with Crippen LogP contribution in [-0.2, 0) is 0 Å². The lowest BCUT2D eigenvalue weighted by atomic mass is 10.2. The molecule has 1 aliphatic heterocycles. The number of rotatable bonds is 4. The fourth-order valence-corrected chi connectivity index (χ4v) is 2.41. The van der Waals surface area contributed by atoms with Crippen LogP contribution in [0, 0.1) is 5.82 Å². The maximum Gasteiger partial charge on any atom is 0.339 e. The maximum atomic E-state index is 14.2. The predicted molar refractivity (Wildman–Crippen MR) is 77.5 cm³/mol. The van der Waals surface area contributed by atoms with Gasteiger partial charge in [-0.1, -0.05) is 0 Å². The molecule has 1 saturated carbocycles. The second kappa shape index (κ2) is 5.48. The standard InChI is InChI=1S/C14H19FN4O2/c1-18-4-6-19(7-5-18)13-11(15)8-10(14(20)21)12(17-13)16-9-2-3-9/h8-9H,2-7H2,1H3,(H,16,17)(H,20,21). The average Bonchev–Trinajstić information content (AvgIpc) is 3.25. The molecule has 0 atom stereocenters. The van der Waals surface area contributed by atoms with Crippen LogP contribution in [-0.4, -0.2) is 60.2 Å². The first kappa shape index (κ1) is 14.1. The molecule has 1 aromatic rings. The monoisotopic (exact) mass is 294 g/mol. The van der Waals surface area contributed by atoms with Gasteiger partial charge in [0.05, 0.1) is 0 Å². The van der Waals surface area contributed by atoms with E-state index in [-0.39, 0.29) is 23.2 Å². The zero-order valence-corrected chi connectivity index (χ0v) is 12.0. The van der Waals surface area contributed by atoms with Crippen LogP contribution >= 0.6 is 0 Å². The molecular weight excluding hydrogens is 275 g/mol. The quantitative estimate of drug-likeness (QED) is 0.871. The Morgan fingerprint density at radius 1 is 1.38 bits per heavy atom. The van der Waals surface area contributed by atoms with Gasteiger partial charge in [-0.25, -0.2) is 14.2 Å². The minimum absolute atomic E-state index is 0.0997. The third kappa shape index (κ3) is 3.07. The number of carboxylic acid groups (broad SMARTS) is 1. The van der Waals surface area contributed by atoms with Gasteiger partial charge in [0.15, 0.2) is 11.6 Å². The predicted octanol–water partition coefficient (Wildman–Crippen LogP) is 1.24. The number of carbonyl (C=O) groups is 1. The first-order valence-corrected chi connectivity index (χ1v) is 7.18. The van der Waals surface area contributed by atoms with E-state index in [4.69, 9.17) is 0 Å². The Balaban J connectivity index is 1.90. The normalized spacial score (nSPS) is 19.6. The number of hydrogen-bond donors (Lipinski definition) is 2. The Labute approximate surface area is 122 Å². The van der Waals surface area contributed by atoms with Crippen LogP contribution in [0.15, 0.2) is 6.07 Å². The van der Waals surface area contributed by atoms with E-state index in [9.17, 15) is 14.3 Å². The molecular formula is C14H19FN4O2. The number of anilines is 2. The van der Waals surface area contributed by atoms with Crippen molar-refractivity contribution in [1.82, 2.24) is 9.88 Å². The molecule has 21 heavy (non-hydrogen) atoms. The molecule has 0 unspecified atom stereocenters. The summed E-state index contributed by atoms with van der Waals surface area (Å²) in [4.78, 5) is 19.5. The number of nitrogens with one attached hydrogen (secondary N) is 1. The Hall–Kier alpha value is -1.89. The molecule has 0 aromatic carbocycles. The number of halogens is 1. The molecule has 2 N–H and O–H groups in total. The molecule has 2 heterocycles. The molecule has 2 aliphatic rings. The second-order valence-corrected chi connectivity index (χ2v) is 5.70. The van der Waals surface area contributed by atoms with Gasteiger partial charge in [-0.2, -0.15) is 0 Å². The molecule has 114 valence electrons. The van der Waals surface area contributed by atoms with E-state index >= 15 is 0 Å². The van der Waals surface area contributed by atoms with Crippen molar-refractivity contribution in [2.45, 2.75) is 18.9 Å². The van der Waals surface area contributed by atoms with Crippen LogP contribution in [0.2, 0.25) is 0 Å². The molecule has 1 aliphatic carbocycles. The van der Waals surface area contributed by atoms with E-state index in [2.05, 4.69) is 15.2 Å². The zero-order chi connectivity index (χ0) is 15.0. The van der Waals surface area contributed by atoms with E-state index in [0.717, 1.165) is 32.0 Å². The van der Waals surface area contributed by atoms with Gasteiger partial charge in [-0.15, -0.1) is 0 Å². The van der Waals surface area contributed by atoms with Gasteiger partial charge in [0.2, 0.25) is 0 Å². The number of pyridine rings is 1. The molecule has 0 bridgehead atoms. The first-order chi connectivity index (χ1) is 10.0. The zero-order valence-electron chi connectivity index (χ0n) is 12.0. The SMILES string of the molecule is CN1CCN(c2nc(NC3CC3)c(C(=O)O)cc2F)CC1. The molecule has 1 aromatic heterocycles. The number of aromatic nitrogens is 1. The molecule has 2 fully saturated rings. The Morgan fingerprint density at radius 3 is 2.62 bits per heavy atom. The highest BCUT2D eigenvalue weighted by atomic mass is 19.1. The summed E-state index contributed by atoms with van der Waals surface area (Å²) < 4.78 is 14.2. The van der Waals surface area contributed by atoms with E-state index in [1.54, 1.807) is 0 Å². The third-order valence-corrected chi connectivity index (χ3v) is 3.91. The third-order valence-electron chi connectivity index (χ3n) is 3.91. The van der Waals surface area contributed by atoms with Crippen LogP contribution in [0.25, 0.3) is 0 Å². The summed E-state index contributed by atoms with van der Waals surface area (Å²) in [7, 11) is 2.02. The first-order valence-electron chi connectivity index (χ1n) is 7.18. The minimum atomic E-state index is -1.16. The van der Waals surface area contributed by atoms with Crippen molar-refractivity contribution in [2.24, 2.45) is 0 Å². The maximum absolute atomic E-state index is 14.2. The van der Waals surface area contributed by atoms with Gasteiger partial charge in [0.25, 0.3) is 0 Å². The van der Waals surface area contributed by atoms with Gasteiger partial charge < -0.3 is 20.2 Å². The summed E-state index contributed by atoms with van der Waals surface area (Å²) in [6, 6.07) is 1.34. The van der Waals surface area contributed by atoms with Crippen LogP contribution in [0.3, 0.4) is 0 Å². The smallest absolute Gasteiger partial charge is 0.339 e. The molecule has 0 amide bonds. The van der Waals surface area contributed by atoms with Gasteiger partial charge in [0.1, 0.15) is 11.4 Å². The molecule has 0 spiro atoms. The van der Waals surface area contributed by atoms with Crippen molar-refractivity contribution in [2.75, 3.05) is 43.4 Å². The van der Waals surface area contributed by atoms with Gasteiger partial charge in [-0.3, -0.25) is 0 Å². The van der Waals surface area contributed by atoms with E-state index in [1.807, 2.05) is 11.9 Å². The summed E-state index contributed by atoms with van der Waals surface area (Å²) in [6.45, 7) is 3.06. The van der Waals surface area contributed by atoms with Gasteiger partial charge >= 0.3 is 5.97 Å². The van der Waals surface area contributed by atoms with Gasteiger partial charge in [-0.05, 0) is 26.0 Å².